The Morgan fingerprint density at radius 3 is 3.07 bits per heavy atom. The number of hydrogen-bond acceptors (Lipinski definition) is 5. The van der Waals surface area contributed by atoms with E-state index in [1.54, 1.807) is 0 Å². The zero-order chi connectivity index (χ0) is 10.0. The Labute approximate surface area is 82.7 Å². The molecule has 2 rings (SSSR count). The van der Waals surface area contributed by atoms with Gasteiger partial charge >= 0.3 is 5.97 Å². The molecule has 0 radical (unpaired) electrons. The van der Waals surface area contributed by atoms with Gasteiger partial charge in [0, 0.05) is 6.42 Å². The molecule has 0 bridgehead atoms. The summed E-state index contributed by atoms with van der Waals surface area (Å²) in [4.78, 5) is 16.9. The predicted molar refractivity (Wildman–Crippen MR) is 46.9 cm³/mol. The van der Waals surface area contributed by atoms with Crippen LogP contribution in [0.2, 0.25) is 0 Å². The summed E-state index contributed by atoms with van der Waals surface area (Å²) in [7, 11) is 1.40. The first kappa shape index (κ1) is 9.89. The maximum atomic E-state index is 11.5. The molecule has 80 valence electrons. The number of nitrogens with one attached hydrogen (secondary N) is 1. The van der Waals surface area contributed by atoms with Crippen LogP contribution in [0.5, 0.6) is 0 Å². The zero-order valence-corrected chi connectivity index (χ0v) is 8.25. The van der Waals surface area contributed by atoms with Crippen LogP contribution in [-0.4, -0.2) is 25.6 Å². The summed E-state index contributed by atoms with van der Waals surface area (Å²) in [6.45, 7) is 0.341. The second-order valence-electron chi connectivity index (χ2n) is 3.67. The SMILES string of the molecule is COC(=O)C1CCCCC12OCNO2. The summed E-state index contributed by atoms with van der Waals surface area (Å²) in [6.07, 6.45) is 3.57. The molecular weight excluding hydrogens is 186 g/mol. The molecule has 1 N–H and O–H groups in total. The van der Waals surface area contributed by atoms with Gasteiger partial charge in [0.15, 0.2) is 0 Å². The molecule has 2 fully saturated rings. The van der Waals surface area contributed by atoms with Crippen LogP contribution in [0.25, 0.3) is 0 Å². The maximum absolute atomic E-state index is 11.5. The summed E-state index contributed by atoms with van der Waals surface area (Å²) in [5.74, 6) is -1.31. The molecule has 1 aliphatic carbocycles. The van der Waals surface area contributed by atoms with Gasteiger partial charge in [-0.2, -0.15) is 5.48 Å². The Morgan fingerprint density at radius 2 is 2.43 bits per heavy atom. The first-order valence-corrected chi connectivity index (χ1v) is 4.91. The Kier molecular flexibility index (Phi) is 2.71. The minimum atomic E-state index is -0.772. The summed E-state index contributed by atoms with van der Waals surface area (Å²) >= 11 is 0. The first-order chi connectivity index (χ1) is 6.78. The molecule has 2 aliphatic rings. The van der Waals surface area contributed by atoms with E-state index in [0.717, 1.165) is 25.7 Å². The van der Waals surface area contributed by atoms with Gasteiger partial charge in [0.1, 0.15) is 12.6 Å². The monoisotopic (exact) mass is 201 g/mol. The van der Waals surface area contributed by atoms with Gasteiger partial charge in [0.2, 0.25) is 5.79 Å². The molecule has 1 heterocycles. The van der Waals surface area contributed by atoms with Gasteiger partial charge in [-0.3, -0.25) is 9.63 Å². The summed E-state index contributed by atoms with van der Waals surface area (Å²) in [5, 5.41) is 0. The zero-order valence-electron chi connectivity index (χ0n) is 8.25. The van der Waals surface area contributed by atoms with Crippen molar-refractivity contribution in [3.8, 4) is 0 Å². The molecule has 5 heteroatoms. The molecule has 0 amide bonds. The fraction of sp³-hybridized carbons (Fsp3) is 0.889. The van der Waals surface area contributed by atoms with E-state index in [2.05, 4.69) is 5.48 Å². The van der Waals surface area contributed by atoms with Crippen molar-refractivity contribution in [2.75, 3.05) is 13.8 Å². The lowest BCUT2D eigenvalue weighted by Crippen LogP contribution is -2.46. The molecule has 5 nitrogen and oxygen atoms in total. The number of carbonyl (C=O) groups is 1. The third-order valence-electron chi connectivity index (χ3n) is 2.91. The van der Waals surface area contributed by atoms with Gasteiger partial charge in [0.05, 0.1) is 7.11 Å². The minimum absolute atomic E-state index is 0.242. The van der Waals surface area contributed by atoms with Crippen molar-refractivity contribution in [1.82, 2.24) is 5.48 Å². The summed E-state index contributed by atoms with van der Waals surface area (Å²) in [5.41, 5.74) is 2.66. The van der Waals surface area contributed by atoms with Crippen LogP contribution in [0.1, 0.15) is 25.7 Å². The van der Waals surface area contributed by atoms with E-state index in [4.69, 9.17) is 14.3 Å². The highest BCUT2D eigenvalue weighted by Gasteiger charge is 2.50. The Bertz CT molecular complexity index is 225. The number of methoxy groups -OCH3 is 1. The van der Waals surface area contributed by atoms with Crippen LogP contribution in [0, 0.1) is 5.92 Å². The lowest BCUT2D eigenvalue weighted by Gasteiger charge is -2.35. The van der Waals surface area contributed by atoms with Gasteiger partial charge in [-0.05, 0) is 12.8 Å². The molecule has 2 unspecified atom stereocenters. The van der Waals surface area contributed by atoms with Crippen LogP contribution in [-0.2, 0) is 19.1 Å². The lowest BCUT2D eigenvalue weighted by atomic mass is 9.83. The van der Waals surface area contributed by atoms with E-state index in [1.807, 2.05) is 0 Å². The van der Waals surface area contributed by atoms with E-state index in [9.17, 15) is 4.79 Å². The average molecular weight is 201 g/mol. The van der Waals surface area contributed by atoms with Crippen LogP contribution in [0.4, 0.5) is 0 Å². The van der Waals surface area contributed by atoms with Gasteiger partial charge in [-0.1, -0.05) is 6.42 Å². The number of esters is 1. The molecular formula is C9H15NO4. The minimum Gasteiger partial charge on any atom is -0.469 e. The molecule has 1 saturated heterocycles. The third kappa shape index (κ3) is 1.51. The van der Waals surface area contributed by atoms with Crippen molar-refractivity contribution in [3.63, 3.8) is 0 Å². The van der Waals surface area contributed by atoms with E-state index in [1.165, 1.54) is 7.11 Å². The normalized spacial score (nSPS) is 37.4. The molecule has 1 aliphatic heterocycles. The number of hydroxylamine groups is 1. The van der Waals surface area contributed by atoms with Crippen LogP contribution in [0.3, 0.4) is 0 Å². The van der Waals surface area contributed by atoms with E-state index >= 15 is 0 Å². The van der Waals surface area contributed by atoms with Gasteiger partial charge in [-0.25, -0.2) is 0 Å². The summed E-state index contributed by atoms with van der Waals surface area (Å²) in [6, 6.07) is 0. The Morgan fingerprint density at radius 1 is 1.57 bits per heavy atom. The van der Waals surface area contributed by atoms with Crippen molar-refractivity contribution >= 4 is 5.97 Å². The number of hydrogen-bond donors (Lipinski definition) is 1. The lowest BCUT2D eigenvalue weighted by molar-refractivity contribution is -0.231. The Hall–Kier alpha value is -0.650. The second kappa shape index (κ2) is 3.84. The summed E-state index contributed by atoms with van der Waals surface area (Å²) < 4.78 is 10.2. The van der Waals surface area contributed by atoms with Crippen molar-refractivity contribution in [3.05, 3.63) is 0 Å². The molecule has 0 aromatic rings. The van der Waals surface area contributed by atoms with Crippen molar-refractivity contribution < 1.29 is 19.1 Å². The number of ether oxygens (including phenoxy) is 2. The average Bonchev–Trinajstić information content (AvgIpc) is 2.67. The quantitative estimate of drug-likeness (QED) is 0.628. The fourth-order valence-electron chi connectivity index (χ4n) is 2.18. The van der Waals surface area contributed by atoms with Crippen molar-refractivity contribution in [1.29, 1.82) is 0 Å². The van der Waals surface area contributed by atoms with Gasteiger partial charge in [-0.15, -0.1) is 0 Å². The third-order valence-corrected chi connectivity index (χ3v) is 2.91. The number of carbonyl (C=O) groups excluding carboxylic acids is 1. The largest absolute Gasteiger partial charge is 0.469 e. The molecule has 2 atom stereocenters. The predicted octanol–water partition coefficient (Wildman–Crippen LogP) is 0.555. The van der Waals surface area contributed by atoms with Gasteiger partial charge < -0.3 is 9.47 Å². The van der Waals surface area contributed by atoms with Crippen molar-refractivity contribution in [2.45, 2.75) is 31.5 Å². The standard InChI is InChI=1S/C9H15NO4/c1-12-8(11)7-4-2-3-5-9(7)13-6-10-14-9/h7,10H,2-6H2,1H3. The first-order valence-electron chi connectivity index (χ1n) is 4.91. The molecule has 1 spiro atoms. The molecule has 0 aromatic carbocycles. The smallest absolute Gasteiger partial charge is 0.314 e. The van der Waals surface area contributed by atoms with Crippen LogP contribution >= 0.6 is 0 Å². The highest BCUT2D eigenvalue weighted by atomic mass is 16.8. The Balaban J connectivity index is 2.14. The highest BCUT2D eigenvalue weighted by molar-refractivity contribution is 5.73. The van der Waals surface area contributed by atoms with Crippen LogP contribution < -0.4 is 5.48 Å². The van der Waals surface area contributed by atoms with Gasteiger partial charge in [0.25, 0.3) is 0 Å². The van der Waals surface area contributed by atoms with E-state index in [-0.39, 0.29) is 11.9 Å². The van der Waals surface area contributed by atoms with E-state index < -0.39 is 5.79 Å². The molecule has 14 heavy (non-hydrogen) atoms. The highest BCUT2D eigenvalue weighted by Crippen LogP contribution is 2.39. The number of rotatable bonds is 1. The fourth-order valence-corrected chi connectivity index (χ4v) is 2.18. The van der Waals surface area contributed by atoms with E-state index in [0.29, 0.717) is 6.73 Å². The van der Waals surface area contributed by atoms with Crippen LogP contribution in [0.15, 0.2) is 0 Å². The molecule has 0 aromatic heterocycles. The topological polar surface area (TPSA) is 56.8 Å². The van der Waals surface area contributed by atoms with Crippen molar-refractivity contribution in [2.24, 2.45) is 5.92 Å². The second-order valence-corrected chi connectivity index (χ2v) is 3.67. The molecule has 1 saturated carbocycles. The maximum Gasteiger partial charge on any atom is 0.314 e.